The smallest absolute Gasteiger partial charge is 0.253 e. The van der Waals surface area contributed by atoms with Crippen molar-refractivity contribution in [3.8, 4) is 0 Å². The molecule has 0 aliphatic heterocycles. The summed E-state index contributed by atoms with van der Waals surface area (Å²) in [6.45, 7) is 7.23. The van der Waals surface area contributed by atoms with Crippen LogP contribution in [0.4, 0.5) is 5.82 Å². The van der Waals surface area contributed by atoms with Crippen molar-refractivity contribution in [2.24, 2.45) is 5.92 Å². The van der Waals surface area contributed by atoms with E-state index in [0.717, 1.165) is 18.4 Å². The highest BCUT2D eigenvalue weighted by Crippen LogP contribution is 2.15. The van der Waals surface area contributed by atoms with Crippen LogP contribution < -0.4 is 10.6 Å². The lowest BCUT2D eigenvalue weighted by atomic mass is 9.95. The van der Waals surface area contributed by atoms with Gasteiger partial charge in [0, 0.05) is 42.4 Å². The van der Waals surface area contributed by atoms with E-state index in [2.05, 4.69) is 15.6 Å². The molecule has 0 fully saturated rings. The van der Waals surface area contributed by atoms with Crippen molar-refractivity contribution in [3.05, 3.63) is 102 Å². The lowest BCUT2D eigenvalue weighted by Crippen LogP contribution is -2.40. The summed E-state index contributed by atoms with van der Waals surface area (Å²) in [6.07, 6.45) is 5.71. The normalized spacial score (nSPS) is 12.3. The summed E-state index contributed by atoms with van der Waals surface area (Å²) in [5, 5.41) is 5.87. The number of nitrogens with one attached hydrogen (secondary N) is 2. The fourth-order valence-corrected chi connectivity index (χ4v) is 4.23. The minimum Gasteiger partial charge on any atom is -0.349 e. The Morgan fingerprint density at radius 1 is 0.895 bits per heavy atom. The number of aromatic nitrogens is 1. The van der Waals surface area contributed by atoms with Gasteiger partial charge in [0.2, 0.25) is 5.91 Å². The molecule has 7 nitrogen and oxygen atoms in total. The zero-order valence-electron chi connectivity index (χ0n) is 22.4. The van der Waals surface area contributed by atoms with Crippen molar-refractivity contribution in [2.45, 2.75) is 46.1 Å². The van der Waals surface area contributed by atoms with E-state index in [1.54, 1.807) is 55.6 Å². The van der Waals surface area contributed by atoms with E-state index in [-0.39, 0.29) is 17.7 Å². The molecular weight excluding hydrogens is 476 g/mol. The van der Waals surface area contributed by atoms with Crippen LogP contribution in [0.5, 0.6) is 0 Å². The van der Waals surface area contributed by atoms with Crippen molar-refractivity contribution in [3.63, 3.8) is 0 Å². The van der Waals surface area contributed by atoms with Gasteiger partial charge in [0.15, 0.2) is 0 Å². The van der Waals surface area contributed by atoms with E-state index in [4.69, 9.17) is 0 Å². The van der Waals surface area contributed by atoms with E-state index in [1.165, 1.54) is 0 Å². The molecule has 2 aromatic carbocycles. The molecule has 2 N–H and O–H groups in total. The maximum Gasteiger partial charge on any atom is 0.253 e. The van der Waals surface area contributed by atoms with Crippen LogP contribution in [0.15, 0.2) is 79.0 Å². The number of pyridine rings is 1. The number of benzene rings is 2. The Labute approximate surface area is 225 Å². The Kier molecular flexibility index (Phi) is 11.0. The summed E-state index contributed by atoms with van der Waals surface area (Å²) in [5.74, 6) is -0.601. The number of carbonyl (C=O) groups excluding carboxylic acids is 3. The van der Waals surface area contributed by atoms with Crippen molar-refractivity contribution in [1.29, 1.82) is 0 Å². The average Bonchev–Trinajstić information content (AvgIpc) is 2.93. The van der Waals surface area contributed by atoms with E-state index in [0.29, 0.717) is 36.5 Å². The molecule has 0 saturated heterocycles. The Morgan fingerprint density at radius 3 is 2.24 bits per heavy atom. The van der Waals surface area contributed by atoms with Gasteiger partial charge >= 0.3 is 0 Å². The first kappa shape index (κ1) is 28.6. The number of hydrogen-bond acceptors (Lipinski definition) is 4. The van der Waals surface area contributed by atoms with Gasteiger partial charge < -0.3 is 15.5 Å². The summed E-state index contributed by atoms with van der Waals surface area (Å²) in [5.41, 5.74) is 1.93. The summed E-state index contributed by atoms with van der Waals surface area (Å²) < 4.78 is 0. The highest BCUT2D eigenvalue weighted by Gasteiger charge is 2.23. The summed E-state index contributed by atoms with van der Waals surface area (Å²) in [4.78, 5) is 45.2. The molecule has 0 aliphatic rings. The van der Waals surface area contributed by atoms with Crippen LogP contribution in [-0.2, 0) is 11.2 Å². The highest BCUT2D eigenvalue weighted by molar-refractivity contribution is 6.00. The van der Waals surface area contributed by atoms with Gasteiger partial charge in [-0.25, -0.2) is 4.98 Å². The Balaban J connectivity index is 1.74. The van der Waals surface area contributed by atoms with Crippen LogP contribution in [0.3, 0.4) is 0 Å². The van der Waals surface area contributed by atoms with E-state index >= 15 is 0 Å². The third-order valence-electron chi connectivity index (χ3n) is 6.11. The SMILES string of the molecule is CCCN(CCC)C(=O)c1cccc(C(=O)N[C@H]([CH]C(C)C(=O)Nc2ccccn2)Cc2ccccc2)c1. The van der Waals surface area contributed by atoms with Gasteiger partial charge in [-0.2, -0.15) is 0 Å². The van der Waals surface area contributed by atoms with Crippen molar-refractivity contribution in [1.82, 2.24) is 15.2 Å². The van der Waals surface area contributed by atoms with E-state index < -0.39 is 12.0 Å². The highest BCUT2D eigenvalue weighted by atomic mass is 16.2. The second-order valence-electron chi connectivity index (χ2n) is 9.33. The predicted octanol–water partition coefficient (Wildman–Crippen LogP) is 5.16. The molecular formula is C31H37N4O3. The lowest BCUT2D eigenvalue weighted by Gasteiger charge is -2.23. The van der Waals surface area contributed by atoms with Gasteiger partial charge in [0.1, 0.15) is 5.82 Å². The van der Waals surface area contributed by atoms with Crippen LogP contribution in [0.1, 0.15) is 59.9 Å². The molecule has 1 unspecified atom stereocenters. The third-order valence-corrected chi connectivity index (χ3v) is 6.11. The second-order valence-corrected chi connectivity index (χ2v) is 9.33. The van der Waals surface area contributed by atoms with Crippen LogP contribution in [-0.4, -0.2) is 46.7 Å². The monoisotopic (exact) mass is 513 g/mol. The van der Waals surface area contributed by atoms with Crippen molar-refractivity contribution >= 4 is 23.5 Å². The quantitative estimate of drug-likeness (QED) is 0.330. The summed E-state index contributed by atoms with van der Waals surface area (Å²) >= 11 is 0. The standard InChI is InChI=1S/C31H37N4O3/c1-4-18-35(19-5-2)31(38)26-15-11-14-25(22-26)30(37)33-27(21-24-12-7-6-8-13-24)20-23(3)29(36)34-28-16-9-10-17-32-28/h6-17,20,22-23,27H,4-5,18-19,21H2,1-3H3,(H,33,37)(H,32,34,36)/t23?,27-/m1/s1. The Bertz CT molecular complexity index is 1180. The van der Waals surface area contributed by atoms with Gasteiger partial charge in [-0.1, -0.05) is 63.2 Å². The van der Waals surface area contributed by atoms with Crippen LogP contribution in [0.2, 0.25) is 0 Å². The van der Waals surface area contributed by atoms with Crippen molar-refractivity contribution < 1.29 is 14.4 Å². The fourth-order valence-electron chi connectivity index (χ4n) is 4.23. The summed E-state index contributed by atoms with van der Waals surface area (Å²) in [7, 11) is 0. The molecule has 0 bridgehead atoms. The molecule has 1 radical (unpaired) electrons. The molecule has 199 valence electrons. The molecule has 1 aromatic heterocycles. The van der Waals surface area contributed by atoms with E-state index in [1.807, 2.05) is 55.5 Å². The molecule has 1 heterocycles. The van der Waals surface area contributed by atoms with Crippen LogP contribution in [0, 0.1) is 12.3 Å². The van der Waals surface area contributed by atoms with Gasteiger partial charge in [0.25, 0.3) is 11.8 Å². The summed E-state index contributed by atoms with van der Waals surface area (Å²) in [6, 6.07) is 21.5. The topological polar surface area (TPSA) is 91.4 Å². The Morgan fingerprint density at radius 2 is 1.58 bits per heavy atom. The molecule has 0 spiro atoms. The second kappa shape index (κ2) is 14.7. The minimum absolute atomic E-state index is 0.0736. The van der Waals surface area contributed by atoms with Gasteiger partial charge in [-0.05, 0) is 61.6 Å². The van der Waals surface area contributed by atoms with E-state index in [9.17, 15) is 14.4 Å². The molecule has 0 saturated carbocycles. The van der Waals surface area contributed by atoms with Crippen molar-refractivity contribution in [2.75, 3.05) is 18.4 Å². The van der Waals surface area contributed by atoms with Gasteiger partial charge in [-0.15, -0.1) is 0 Å². The van der Waals surface area contributed by atoms with Gasteiger partial charge in [0.05, 0.1) is 0 Å². The number of rotatable bonds is 13. The maximum atomic E-state index is 13.3. The molecule has 7 heteroatoms. The Hall–Kier alpha value is -4.00. The number of carbonyl (C=O) groups is 3. The number of anilines is 1. The van der Waals surface area contributed by atoms with Crippen LogP contribution in [0.25, 0.3) is 0 Å². The first-order valence-corrected chi connectivity index (χ1v) is 13.2. The number of nitrogens with zero attached hydrogens (tertiary/aromatic N) is 2. The molecule has 3 amide bonds. The minimum atomic E-state index is -0.490. The zero-order valence-corrected chi connectivity index (χ0v) is 22.4. The predicted molar refractivity (Wildman–Crippen MR) is 151 cm³/mol. The molecule has 3 aromatic rings. The molecule has 3 rings (SSSR count). The molecule has 2 atom stereocenters. The number of amides is 3. The molecule has 0 aliphatic carbocycles. The van der Waals surface area contributed by atoms with Gasteiger partial charge in [-0.3, -0.25) is 14.4 Å². The first-order valence-electron chi connectivity index (χ1n) is 13.2. The molecule has 38 heavy (non-hydrogen) atoms. The third kappa shape index (κ3) is 8.54. The largest absolute Gasteiger partial charge is 0.349 e. The lowest BCUT2D eigenvalue weighted by molar-refractivity contribution is -0.118. The average molecular weight is 514 g/mol. The maximum absolute atomic E-state index is 13.3. The number of hydrogen-bond donors (Lipinski definition) is 2. The fraction of sp³-hybridized carbons (Fsp3) is 0.323. The first-order chi connectivity index (χ1) is 18.4. The van der Waals surface area contributed by atoms with Crippen LogP contribution >= 0.6 is 0 Å². The zero-order chi connectivity index (χ0) is 27.3.